The standard InChI is InChI=1S/C18H32N4O3/c1-5-15-13-22(9-8-21(15)10-11-24-7-3)16(6-2)18(23)19-17-12-14(4)25-20-17/h12,15-16H,5-11,13H2,1-4H3,(H,19,20,23). The monoisotopic (exact) mass is 352 g/mol. The minimum Gasteiger partial charge on any atom is -0.380 e. The maximum absolute atomic E-state index is 12.7. The van der Waals surface area contributed by atoms with E-state index in [4.69, 9.17) is 9.26 Å². The Morgan fingerprint density at radius 3 is 2.84 bits per heavy atom. The van der Waals surface area contributed by atoms with Crippen molar-refractivity contribution in [1.82, 2.24) is 15.0 Å². The van der Waals surface area contributed by atoms with E-state index in [-0.39, 0.29) is 11.9 Å². The van der Waals surface area contributed by atoms with Crippen LogP contribution in [0.3, 0.4) is 0 Å². The Balaban J connectivity index is 1.93. The smallest absolute Gasteiger partial charge is 0.242 e. The van der Waals surface area contributed by atoms with Gasteiger partial charge in [-0.05, 0) is 26.7 Å². The quantitative estimate of drug-likeness (QED) is 0.687. The predicted molar refractivity (Wildman–Crippen MR) is 97.7 cm³/mol. The molecular formula is C18H32N4O3. The van der Waals surface area contributed by atoms with Crippen molar-refractivity contribution in [3.63, 3.8) is 0 Å². The predicted octanol–water partition coefficient (Wildman–Crippen LogP) is 2.13. The van der Waals surface area contributed by atoms with Crippen molar-refractivity contribution >= 4 is 11.7 Å². The summed E-state index contributed by atoms with van der Waals surface area (Å²) in [6, 6.07) is 2.07. The van der Waals surface area contributed by atoms with Gasteiger partial charge in [0.2, 0.25) is 5.91 Å². The van der Waals surface area contributed by atoms with Gasteiger partial charge in [-0.15, -0.1) is 0 Å². The summed E-state index contributed by atoms with van der Waals surface area (Å²) in [5.41, 5.74) is 0. The number of aromatic nitrogens is 1. The van der Waals surface area contributed by atoms with Crippen LogP contribution in [0.4, 0.5) is 5.82 Å². The van der Waals surface area contributed by atoms with Crippen molar-refractivity contribution in [3.8, 4) is 0 Å². The van der Waals surface area contributed by atoms with E-state index >= 15 is 0 Å². The van der Waals surface area contributed by atoms with Crippen LogP contribution in [0.25, 0.3) is 0 Å². The number of amides is 1. The molecule has 25 heavy (non-hydrogen) atoms. The van der Waals surface area contributed by atoms with Crippen LogP contribution >= 0.6 is 0 Å². The molecule has 0 bridgehead atoms. The summed E-state index contributed by atoms with van der Waals surface area (Å²) < 4.78 is 10.5. The van der Waals surface area contributed by atoms with Gasteiger partial charge in [-0.3, -0.25) is 14.6 Å². The summed E-state index contributed by atoms with van der Waals surface area (Å²) in [5.74, 6) is 1.18. The first-order chi connectivity index (χ1) is 12.1. The Morgan fingerprint density at radius 2 is 2.24 bits per heavy atom. The Labute approximate surface area is 150 Å². The average Bonchev–Trinajstić information content (AvgIpc) is 3.01. The zero-order chi connectivity index (χ0) is 18.2. The molecule has 1 fully saturated rings. The van der Waals surface area contributed by atoms with Crippen molar-refractivity contribution in [1.29, 1.82) is 0 Å². The molecule has 0 aromatic carbocycles. The first kappa shape index (κ1) is 19.9. The summed E-state index contributed by atoms with van der Waals surface area (Å²) in [6.07, 6.45) is 1.85. The van der Waals surface area contributed by atoms with Crippen LogP contribution in [0.2, 0.25) is 0 Å². The molecule has 142 valence electrons. The van der Waals surface area contributed by atoms with Crippen LogP contribution in [0, 0.1) is 6.92 Å². The number of hydrogen-bond donors (Lipinski definition) is 1. The van der Waals surface area contributed by atoms with Crippen molar-refractivity contribution in [2.45, 2.75) is 52.6 Å². The molecule has 2 heterocycles. The van der Waals surface area contributed by atoms with Crippen molar-refractivity contribution in [3.05, 3.63) is 11.8 Å². The molecule has 7 heteroatoms. The summed E-state index contributed by atoms with van der Waals surface area (Å²) in [5, 5.41) is 6.73. The highest BCUT2D eigenvalue weighted by Crippen LogP contribution is 2.18. The van der Waals surface area contributed by atoms with E-state index in [9.17, 15) is 4.79 Å². The lowest BCUT2D eigenvalue weighted by Crippen LogP contribution is -2.58. The van der Waals surface area contributed by atoms with Gasteiger partial charge < -0.3 is 14.6 Å². The molecule has 1 aromatic heterocycles. The molecule has 1 aromatic rings. The minimum atomic E-state index is -0.139. The van der Waals surface area contributed by atoms with Crippen LogP contribution in [0.15, 0.2) is 10.6 Å². The van der Waals surface area contributed by atoms with E-state index in [1.54, 1.807) is 6.07 Å². The van der Waals surface area contributed by atoms with E-state index in [1.807, 2.05) is 13.8 Å². The molecule has 1 amide bonds. The maximum Gasteiger partial charge on any atom is 0.242 e. The molecule has 2 atom stereocenters. The molecule has 1 N–H and O–H groups in total. The lowest BCUT2D eigenvalue weighted by molar-refractivity contribution is -0.122. The largest absolute Gasteiger partial charge is 0.380 e. The van der Waals surface area contributed by atoms with E-state index < -0.39 is 0 Å². The van der Waals surface area contributed by atoms with Crippen LogP contribution < -0.4 is 5.32 Å². The normalized spacial score (nSPS) is 20.6. The van der Waals surface area contributed by atoms with E-state index in [0.29, 0.717) is 17.6 Å². The Hall–Kier alpha value is -1.44. The van der Waals surface area contributed by atoms with Gasteiger partial charge in [-0.1, -0.05) is 19.0 Å². The minimum absolute atomic E-state index is 0.00609. The first-order valence-electron chi connectivity index (χ1n) is 9.39. The molecule has 0 radical (unpaired) electrons. The average molecular weight is 352 g/mol. The highest BCUT2D eigenvalue weighted by molar-refractivity contribution is 5.94. The van der Waals surface area contributed by atoms with Crippen molar-refractivity contribution in [2.75, 3.05) is 44.7 Å². The fourth-order valence-electron chi connectivity index (χ4n) is 3.45. The van der Waals surface area contributed by atoms with Gasteiger partial charge in [0.25, 0.3) is 0 Å². The summed E-state index contributed by atoms with van der Waals surface area (Å²) in [6.45, 7) is 13.4. The van der Waals surface area contributed by atoms with Crippen molar-refractivity contribution < 1.29 is 14.1 Å². The molecule has 0 saturated carbocycles. The van der Waals surface area contributed by atoms with Crippen LogP contribution in [0.1, 0.15) is 39.4 Å². The van der Waals surface area contributed by atoms with Crippen LogP contribution in [-0.4, -0.2) is 72.3 Å². The van der Waals surface area contributed by atoms with Gasteiger partial charge in [0.15, 0.2) is 5.82 Å². The molecule has 0 aliphatic carbocycles. The van der Waals surface area contributed by atoms with Crippen molar-refractivity contribution in [2.24, 2.45) is 0 Å². The Kier molecular flexibility index (Phi) is 7.87. The van der Waals surface area contributed by atoms with Gasteiger partial charge in [0, 0.05) is 44.9 Å². The van der Waals surface area contributed by atoms with E-state index in [2.05, 4.69) is 34.1 Å². The van der Waals surface area contributed by atoms with Gasteiger partial charge in [0.1, 0.15) is 5.76 Å². The molecule has 1 aliphatic rings. The molecule has 0 spiro atoms. The topological polar surface area (TPSA) is 70.8 Å². The third kappa shape index (κ3) is 5.52. The number of carbonyl (C=O) groups is 1. The maximum atomic E-state index is 12.7. The number of aryl methyl sites for hydroxylation is 1. The highest BCUT2D eigenvalue weighted by atomic mass is 16.5. The fraction of sp³-hybridized carbons (Fsp3) is 0.778. The third-order valence-electron chi connectivity index (χ3n) is 4.84. The SMILES string of the molecule is CCOCCN1CCN(C(CC)C(=O)Nc2cc(C)on2)CC1CC. The highest BCUT2D eigenvalue weighted by Gasteiger charge is 2.32. The molecule has 7 nitrogen and oxygen atoms in total. The van der Waals surface area contributed by atoms with Gasteiger partial charge in [-0.2, -0.15) is 0 Å². The molecule has 1 saturated heterocycles. The van der Waals surface area contributed by atoms with Gasteiger partial charge >= 0.3 is 0 Å². The van der Waals surface area contributed by atoms with Gasteiger partial charge in [0.05, 0.1) is 12.6 Å². The zero-order valence-corrected chi connectivity index (χ0v) is 16.0. The lowest BCUT2D eigenvalue weighted by Gasteiger charge is -2.43. The number of ether oxygens (including phenoxy) is 1. The summed E-state index contributed by atoms with van der Waals surface area (Å²) in [4.78, 5) is 17.5. The van der Waals surface area contributed by atoms with E-state index in [0.717, 1.165) is 52.2 Å². The summed E-state index contributed by atoms with van der Waals surface area (Å²) in [7, 11) is 0. The zero-order valence-electron chi connectivity index (χ0n) is 16.0. The number of hydrogen-bond acceptors (Lipinski definition) is 6. The number of carbonyl (C=O) groups excluding carboxylic acids is 1. The number of nitrogens with zero attached hydrogens (tertiary/aromatic N) is 3. The van der Waals surface area contributed by atoms with Crippen LogP contribution in [0.5, 0.6) is 0 Å². The second-order valence-corrected chi connectivity index (χ2v) is 6.53. The lowest BCUT2D eigenvalue weighted by atomic mass is 10.1. The number of anilines is 1. The third-order valence-corrected chi connectivity index (χ3v) is 4.84. The van der Waals surface area contributed by atoms with E-state index in [1.165, 1.54) is 0 Å². The van der Waals surface area contributed by atoms with Crippen LogP contribution in [-0.2, 0) is 9.53 Å². The van der Waals surface area contributed by atoms with Gasteiger partial charge in [-0.25, -0.2) is 0 Å². The molecule has 1 aliphatic heterocycles. The number of piperazine rings is 1. The molecular weight excluding hydrogens is 320 g/mol. The number of nitrogens with one attached hydrogen (secondary N) is 1. The molecule has 2 unspecified atom stereocenters. The summed E-state index contributed by atoms with van der Waals surface area (Å²) >= 11 is 0. The first-order valence-corrected chi connectivity index (χ1v) is 9.39. The molecule has 2 rings (SSSR count). The Morgan fingerprint density at radius 1 is 1.44 bits per heavy atom. The second-order valence-electron chi connectivity index (χ2n) is 6.53. The Bertz CT molecular complexity index is 534. The second kappa shape index (κ2) is 9.89. The fourth-order valence-corrected chi connectivity index (χ4v) is 3.45. The number of rotatable bonds is 9.